The molecule has 0 spiro atoms. The molecule has 1 aliphatic carbocycles. The van der Waals surface area contributed by atoms with Gasteiger partial charge in [0.1, 0.15) is 36.9 Å². The van der Waals surface area contributed by atoms with Crippen molar-refractivity contribution >= 4 is 35.8 Å². The molecule has 322 valence electrons. The van der Waals surface area contributed by atoms with Gasteiger partial charge in [-0.05, 0) is 69.1 Å². The van der Waals surface area contributed by atoms with E-state index in [1.165, 1.54) is 19.1 Å². The maximum atomic E-state index is 15.0. The van der Waals surface area contributed by atoms with Crippen LogP contribution in [0.4, 0.5) is 4.79 Å². The highest BCUT2D eigenvalue weighted by Crippen LogP contribution is 2.23. The van der Waals surface area contributed by atoms with Crippen molar-refractivity contribution in [3.05, 3.63) is 120 Å². The minimum absolute atomic E-state index is 0.0178. The van der Waals surface area contributed by atoms with Crippen LogP contribution in [0.5, 0.6) is 0 Å². The normalized spacial score (nSPS) is 15.1. The summed E-state index contributed by atoms with van der Waals surface area (Å²) >= 11 is 0. The molecule has 4 amide bonds. The van der Waals surface area contributed by atoms with E-state index in [1.807, 2.05) is 18.2 Å². The summed E-state index contributed by atoms with van der Waals surface area (Å²) < 4.78 is 16.5. The Morgan fingerprint density at radius 2 is 1.25 bits per heavy atom. The number of alkyl carbamates (subject to hydrolysis) is 1. The third kappa shape index (κ3) is 16.0. The number of rotatable bonds is 20. The van der Waals surface area contributed by atoms with Crippen molar-refractivity contribution in [2.75, 3.05) is 20.7 Å². The molecule has 2 N–H and O–H groups in total. The molecule has 1 aliphatic rings. The van der Waals surface area contributed by atoms with Crippen LogP contribution in [0.3, 0.4) is 0 Å². The number of nitrogens with zero attached hydrogens (tertiary/aromatic N) is 2. The number of carbonyl (C=O) groups is 6. The number of amides is 4. The first-order valence-electron chi connectivity index (χ1n) is 20.2. The smallest absolute Gasteiger partial charge is 0.408 e. The van der Waals surface area contributed by atoms with E-state index in [-0.39, 0.29) is 32.1 Å². The number of esters is 2. The maximum Gasteiger partial charge on any atom is 0.408 e. The average Bonchev–Trinajstić information content (AvgIpc) is 3.24. The molecule has 0 aromatic heterocycles. The Morgan fingerprint density at radius 1 is 0.733 bits per heavy atom. The van der Waals surface area contributed by atoms with Crippen LogP contribution < -0.4 is 10.6 Å². The van der Waals surface area contributed by atoms with Crippen molar-refractivity contribution in [1.29, 1.82) is 0 Å². The van der Waals surface area contributed by atoms with Gasteiger partial charge in [0.2, 0.25) is 11.8 Å². The van der Waals surface area contributed by atoms with E-state index in [2.05, 4.69) is 22.8 Å². The van der Waals surface area contributed by atoms with Crippen molar-refractivity contribution in [1.82, 2.24) is 20.6 Å². The highest BCUT2D eigenvalue weighted by atomic mass is 16.7. The lowest BCUT2D eigenvalue weighted by atomic mass is 9.92. The fraction of sp³-hybridized carbons (Fsp3) is 0.435. The molecule has 3 aromatic rings. The van der Waals surface area contributed by atoms with E-state index in [9.17, 15) is 24.0 Å². The number of likely N-dealkylation sites (N-methyl/N-ethyl adjacent to an activating group) is 1. The number of hydrogen-bond acceptors (Lipinski definition) is 10. The van der Waals surface area contributed by atoms with E-state index in [0.29, 0.717) is 12.0 Å². The fourth-order valence-corrected chi connectivity index (χ4v) is 6.58. The molecule has 14 nitrogen and oxygen atoms in total. The van der Waals surface area contributed by atoms with Gasteiger partial charge < -0.3 is 29.7 Å². The van der Waals surface area contributed by atoms with Gasteiger partial charge in [-0.1, -0.05) is 103 Å². The molecule has 4 atom stereocenters. The molecule has 2 unspecified atom stereocenters. The third-order valence-electron chi connectivity index (χ3n) is 9.74. The molecule has 0 aliphatic heterocycles. The molecule has 0 saturated carbocycles. The summed E-state index contributed by atoms with van der Waals surface area (Å²) in [6.45, 7) is 4.92. The maximum absolute atomic E-state index is 15.0. The Balaban J connectivity index is 1.70. The minimum atomic E-state index is -1.51. The minimum Gasteiger partial charge on any atom is -0.461 e. The first-order chi connectivity index (χ1) is 28.7. The van der Waals surface area contributed by atoms with Crippen LogP contribution >= 0.6 is 0 Å². The second kappa shape index (κ2) is 23.5. The lowest BCUT2D eigenvalue weighted by Crippen LogP contribution is -2.60. The number of nitrogens with one attached hydrogen (secondary N) is 2. The largest absolute Gasteiger partial charge is 0.461 e. The lowest BCUT2D eigenvalue weighted by Gasteiger charge is -2.36. The Morgan fingerprint density at radius 3 is 1.73 bits per heavy atom. The monoisotopic (exact) mass is 826 g/mol. The molecule has 60 heavy (non-hydrogen) atoms. The van der Waals surface area contributed by atoms with Crippen molar-refractivity contribution in [2.24, 2.45) is 5.92 Å². The van der Waals surface area contributed by atoms with Gasteiger partial charge in [-0.2, -0.15) is 0 Å². The van der Waals surface area contributed by atoms with Crippen LogP contribution in [0.25, 0.3) is 0 Å². The predicted molar refractivity (Wildman–Crippen MR) is 223 cm³/mol. The molecule has 0 radical (unpaired) electrons. The quantitative estimate of drug-likeness (QED) is 0.0611. The first-order valence-corrected chi connectivity index (χ1v) is 20.2. The average molecular weight is 827 g/mol. The second-order valence-electron chi connectivity index (χ2n) is 15.6. The number of ether oxygens (including phenoxy) is 3. The van der Waals surface area contributed by atoms with Gasteiger partial charge in [-0.15, -0.1) is 0 Å². The van der Waals surface area contributed by atoms with Crippen LogP contribution in [-0.2, 0) is 62.7 Å². The zero-order valence-corrected chi connectivity index (χ0v) is 35.2. The summed E-state index contributed by atoms with van der Waals surface area (Å²) in [4.78, 5) is 89.8. The molecule has 4 rings (SSSR count). The summed E-state index contributed by atoms with van der Waals surface area (Å²) in [5.41, 5.74) is 1.21. The Kier molecular flexibility index (Phi) is 18.3. The molecule has 0 fully saturated rings. The van der Waals surface area contributed by atoms with Gasteiger partial charge in [-0.25, -0.2) is 9.86 Å². The van der Waals surface area contributed by atoms with Gasteiger partial charge >= 0.3 is 18.0 Å². The third-order valence-corrected chi connectivity index (χ3v) is 9.74. The number of benzene rings is 3. The van der Waals surface area contributed by atoms with E-state index >= 15 is 4.79 Å². The highest BCUT2D eigenvalue weighted by Gasteiger charge is 2.39. The Bertz CT molecular complexity index is 1880. The van der Waals surface area contributed by atoms with E-state index in [1.54, 1.807) is 93.6 Å². The van der Waals surface area contributed by atoms with Crippen molar-refractivity contribution in [2.45, 2.75) is 103 Å². The first kappa shape index (κ1) is 46.7. The van der Waals surface area contributed by atoms with Crippen LogP contribution in [0.15, 0.2) is 103 Å². The van der Waals surface area contributed by atoms with E-state index in [4.69, 9.17) is 19.0 Å². The lowest BCUT2D eigenvalue weighted by molar-refractivity contribution is -0.173. The van der Waals surface area contributed by atoms with Crippen molar-refractivity contribution in [3.63, 3.8) is 0 Å². The summed E-state index contributed by atoms with van der Waals surface area (Å²) in [7, 11) is 2.61. The molecule has 0 bridgehead atoms. The molecular weight excluding hydrogens is 769 g/mol. The van der Waals surface area contributed by atoms with Gasteiger partial charge in [0.25, 0.3) is 5.91 Å². The summed E-state index contributed by atoms with van der Waals surface area (Å²) in [5.74, 6) is -3.67. The number of allylic oxidation sites excluding steroid dienone is 2. The van der Waals surface area contributed by atoms with E-state index in [0.717, 1.165) is 35.5 Å². The van der Waals surface area contributed by atoms with Crippen LogP contribution in [0.1, 0.15) is 76.0 Å². The number of hydrogen-bond donors (Lipinski definition) is 2. The number of carbonyl (C=O) groups excluding carboxylic acids is 6. The topological polar surface area (TPSA) is 170 Å². The summed E-state index contributed by atoms with van der Waals surface area (Å²) in [6, 6.07) is 22.7. The molecule has 14 heteroatoms. The summed E-state index contributed by atoms with van der Waals surface area (Å²) in [6.07, 6.45) is 5.31. The molecule has 0 saturated heterocycles. The van der Waals surface area contributed by atoms with E-state index < -0.39 is 72.3 Å². The highest BCUT2D eigenvalue weighted by molar-refractivity contribution is 5.96. The van der Waals surface area contributed by atoms with Crippen molar-refractivity contribution in [3.8, 4) is 0 Å². The second-order valence-corrected chi connectivity index (χ2v) is 15.6. The van der Waals surface area contributed by atoms with Crippen LogP contribution in [0, 0.1) is 5.92 Å². The summed E-state index contributed by atoms with van der Waals surface area (Å²) in [5, 5.41) is 6.19. The molecular formula is C46H58N4O10. The van der Waals surface area contributed by atoms with Gasteiger partial charge in [0, 0.05) is 20.0 Å². The van der Waals surface area contributed by atoms with Crippen molar-refractivity contribution < 1.29 is 47.8 Å². The fourth-order valence-electron chi connectivity index (χ4n) is 6.58. The standard InChI is InChI=1S/C46H58N4O10/c1-46(2,3)60-45(56)48-38(30-41(52)59-32-36-24-16-9-17-25-36)44(55)50(27-26-33-18-10-6-11-19-33)39(28-34-20-12-7-13-21-34)42(53)47-37(43(54)49(4)57-5)29-40(51)58-31-35-22-14-8-15-23-35/h7-10,12-18,20-25,33,37-39H,6,11,19,26-32H2,1-5H3,(H,47,53)(H,48,56)/t33?,37-,38-,39?/m0/s1. The predicted octanol–water partition coefficient (Wildman–Crippen LogP) is 5.84. The van der Waals surface area contributed by atoms with Gasteiger partial charge in [0.15, 0.2) is 0 Å². The Hall–Kier alpha value is -6.02. The number of hydroxylamine groups is 2. The Labute approximate surface area is 352 Å². The molecule has 3 aromatic carbocycles. The van der Waals surface area contributed by atoms with Gasteiger partial charge in [0.05, 0.1) is 20.0 Å². The van der Waals surface area contributed by atoms with Crippen LogP contribution in [0.2, 0.25) is 0 Å². The SMILES string of the molecule is CON(C)C(=O)[C@H](CC(=O)OCc1ccccc1)NC(=O)C(Cc1ccccc1)N(CCC1C=CCCC1)C(=O)[C@H](CC(=O)OCc1ccccc1)NC(=O)OC(C)(C)C. The zero-order valence-electron chi connectivity index (χ0n) is 35.2. The van der Waals surface area contributed by atoms with Crippen LogP contribution in [-0.4, -0.2) is 90.1 Å². The zero-order chi connectivity index (χ0) is 43.5. The molecule has 0 heterocycles. The van der Waals surface area contributed by atoms with Gasteiger partial charge in [-0.3, -0.25) is 28.8 Å².